The van der Waals surface area contributed by atoms with Crippen molar-refractivity contribution in [2.24, 2.45) is 4.99 Å². The van der Waals surface area contributed by atoms with Crippen molar-refractivity contribution < 1.29 is 14.2 Å². The molecule has 3 fully saturated rings. The molecule has 0 aromatic heterocycles. The standard InChI is InChI=1S/C17H32N4O3.HI/c1-18-16(19-7-8-21-9-11-22-12-10-21)20-13-15-14-23-17(24-15)5-3-2-4-6-17;/h15H,2-14H2,1H3,(H2,18,19,20);1H. The van der Waals surface area contributed by atoms with Crippen LogP contribution in [0, 0.1) is 0 Å². The Balaban J connectivity index is 0.00000225. The van der Waals surface area contributed by atoms with E-state index in [0.29, 0.717) is 6.61 Å². The summed E-state index contributed by atoms with van der Waals surface area (Å²) in [5.74, 6) is 0.536. The van der Waals surface area contributed by atoms with Crippen LogP contribution in [-0.4, -0.2) is 82.3 Å². The van der Waals surface area contributed by atoms with E-state index in [9.17, 15) is 0 Å². The first-order chi connectivity index (χ1) is 11.8. The molecule has 8 heteroatoms. The second kappa shape index (κ2) is 10.9. The molecule has 2 saturated heterocycles. The first kappa shape index (κ1) is 21.1. The minimum absolute atomic E-state index is 0. The smallest absolute Gasteiger partial charge is 0.191 e. The van der Waals surface area contributed by atoms with Crippen molar-refractivity contribution in [2.75, 3.05) is 59.6 Å². The number of hydrogen-bond donors (Lipinski definition) is 2. The summed E-state index contributed by atoms with van der Waals surface area (Å²) in [6.07, 6.45) is 5.92. The van der Waals surface area contributed by atoms with Gasteiger partial charge in [-0.2, -0.15) is 0 Å². The maximum atomic E-state index is 6.19. The largest absolute Gasteiger partial charge is 0.379 e. The summed E-state index contributed by atoms with van der Waals surface area (Å²) in [5.41, 5.74) is 0. The number of morpholine rings is 1. The maximum absolute atomic E-state index is 6.19. The average Bonchev–Trinajstić information content (AvgIpc) is 3.02. The normalized spacial score (nSPS) is 27.1. The molecule has 25 heavy (non-hydrogen) atoms. The van der Waals surface area contributed by atoms with Crippen LogP contribution in [0.15, 0.2) is 4.99 Å². The number of ether oxygens (including phenoxy) is 3. The Morgan fingerprint density at radius 3 is 2.64 bits per heavy atom. The third kappa shape index (κ3) is 6.50. The Morgan fingerprint density at radius 2 is 1.92 bits per heavy atom. The molecule has 3 rings (SSSR count). The van der Waals surface area contributed by atoms with Gasteiger partial charge in [0.2, 0.25) is 0 Å². The summed E-state index contributed by atoms with van der Waals surface area (Å²) in [6, 6.07) is 0. The third-order valence-corrected chi connectivity index (χ3v) is 5.07. The highest BCUT2D eigenvalue weighted by Gasteiger charge is 2.42. The highest BCUT2D eigenvalue weighted by molar-refractivity contribution is 14.0. The van der Waals surface area contributed by atoms with E-state index in [0.717, 1.165) is 64.7 Å². The molecule has 2 N–H and O–H groups in total. The quantitative estimate of drug-likeness (QED) is 0.359. The molecule has 146 valence electrons. The molecule has 1 aliphatic carbocycles. The van der Waals surface area contributed by atoms with Gasteiger partial charge in [0, 0.05) is 52.6 Å². The summed E-state index contributed by atoms with van der Waals surface area (Å²) < 4.78 is 17.5. The molecule has 0 aromatic carbocycles. The number of nitrogens with zero attached hydrogens (tertiary/aromatic N) is 2. The highest BCUT2D eigenvalue weighted by Crippen LogP contribution is 2.37. The summed E-state index contributed by atoms with van der Waals surface area (Å²) in [5, 5.41) is 6.73. The van der Waals surface area contributed by atoms with Gasteiger partial charge in [0.1, 0.15) is 6.10 Å². The van der Waals surface area contributed by atoms with Gasteiger partial charge >= 0.3 is 0 Å². The molecular formula is C17H33IN4O3. The maximum Gasteiger partial charge on any atom is 0.191 e. The lowest BCUT2D eigenvalue weighted by Crippen LogP contribution is -2.46. The van der Waals surface area contributed by atoms with Gasteiger partial charge in [0.25, 0.3) is 0 Å². The predicted molar refractivity (Wildman–Crippen MR) is 109 cm³/mol. The number of rotatable bonds is 5. The lowest BCUT2D eigenvalue weighted by molar-refractivity contribution is -0.186. The van der Waals surface area contributed by atoms with Crippen LogP contribution in [0.2, 0.25) is 0 Å². The fourth-order valence-corrected chi connectivity index (χ4v) is 3.66. The number of halogens is 1. The molecule has 2 heterocycles. The van der Waals surface area contributed by atoms with Gasteiger partial charge in [-0.3, -0.25) is 9.89 Å². The van der Waals surface area contributed by atoms with E-state index in [1.54, 1.807) is 7.05 Å². The zero-order valence-electron chi connectivity index (χ0n) is 15.3. The summed E-state index contributed by atoms with van der Waals surface area (Å²) in [4.78, 5) is 6.70. The van der Waals surface area contributed by atoms with E-state index >= 15 is 0 Å². The second-order valence-electron chi connectivity index (χ2n) is 6.86. The number of nitrogens with one attached hydrogen (secondary N) is 2. The van der Waals surface area contributed by atoms with E-state index in [4.69, 9.17) is 14.2 Å². The van der Waals surface area contributed by atoms with Crippen LogP contribution in [0.25, 0.3) is 0 Å². The molecule has 0 amide bonds. The Kier molecular flexibility index (Phi) is 9.18. The van der Waals surface area contributed by atoms with Gasteiger partial charge < -0.3 is 24.8 Å². The molecule has 1 unspecified atom stereocenters. The Hall–Kier alpha value is -0.160. The molecule has 3 aliphatic rings. The molecule has 0 radical (unpaired) electrons. The highest BCUT2D eigenvalue weighted by atomic mass is 127. The lowest BCUT2D eigenvalue weighted by Gasteiger charge is -2.31. The van der Waals surface area contributed by atoms with Crippen LogP contribution in [0.3, 0.4) is 0 Å². The van der Waals surface area contributed by atoms with E-state index in [1.165, 1.54) is 19.3 Å². The monoisotopic (exact) mass is 468 g/mol. The molecule has 1 spiro atoms. The summed E-state index contributed by atoms with van der Waals surface area (Å²) in [6.45, 7) is 7.02. The molecule has 1 atom stereocenters. The van der Waals surface area contributed by atoms with E-state index < -0.39 is 0 Å². The van der Waals surface area contributed by atoms with Crippen molar-refractivity contribution in [1.82, 2.24) is 15.5 Å². The zero-order valence-corrected chi connectivity index (χ0v) is 17.6. The van der Waals surface area contributed by atoms with Crippen molar-refractivity contribution in [3.63, 3.8) is 0 Å². The lowest BCUT2D eigenvalue weighted by atomic mass is 9.94. The Labute approximate surface area is 168 Å². The van der Waals surface area contributed by atoms with Gasteiger partial charge in [-0.15, -0.1) is 24.0 Å². The van der Waals surface area contributed by atoms with E-state index in [1.807, 2.05) is 0 Å². The van der Waals surface area contributed by atoms with Crippen LogP contribution < -0.4 is 10.6 Å². The fraction of sp³-hybridized carbons (Fsp3) is 0.941. The third-order valence-electron chi connectivity index (χ3n) is 5.07. The van der Waals surface area contributed by atoms with Crippen LogP contribution in [-0.2, 0) is 14.2 Å². The second-order valence-corrected chi connectivity index (χ2v) is 6.86. The van der Waals surface area contributed by atoms with Crippen LogP contribution in [0.5, 0.6) is 0 Å². The van der Waals surface area contributed by atoms with Gasteiger partial charge in [-0.1, -0.05) is 6.42 Å². The fourth-order valence-electron chi connectivity index (χ4n) is 3.66. The van der Waals surface area contributed by atoms with Gasteiger partial charge in [-0.05, 0) is 12.8 Å². The summed E-state index contributed by atoms with van der Waals surface area (Å²) in [7, 11) is 1.80. The number of hydrogen-bond acceptors (Lipinski definition) is 5. The van der Waals surface area contributed by atoms with Crippen molar-refractivity contribution in [3.8, 4) is 0 Å². The minimum atomic E-state index is -0.294. The van der Waals surface area contributed by atoms with Crippen LogP contribution >= 0.6 is 24.0 Å². The molecule has 0 aromatic rings. The number of aliphatic imine (C=N–C) groups is 1. The van der Waals surface area contributed by atoms with E-state index in [-0.39, 0.29) is 35.9 Å². The van der Waals surface area contributed by atoms with Crippen LogP contribution in [0.4, 0.5) is 0 Å². The molecule has 7 nitrogen and oxygen atoms in total. The topological polar surface area (TPSA) is 67.4 Å². The molecule has 1 saturated carbocycles. The van der Waals surface area contributed by atoms with Crippen molar-refractivity contribution in [3.05, 3.63) is 0 Å². The first-order valence-electron chi connectivity index (χ1n) is 9.36. The van der Waals surface area contributed by atoms with Gasteiger partial charge in [-0.25, -0.2) is 0 Å². The average molecular weight is 468 g/mol. The SMILES string of the molecule is CN=C(NCCN1CCOCC1)NCC1COC2(CCCCC2)O1.I. The Morgan fingerprint density at radius 1 is 1.16 bits per heavy atom. The predicted octanol–water partition coefficient (Wildman–Crippen LogP) is 1.18. The number of guanidine groups is 1. The Bertz CT molecular complexity index is 413. The first-order valence-corrected chi connectivity index (χ1v) is 9.36. The molecule has 2 aliphatic heterocycles. The zero-order chi connectivity index (χ0) is 16.7. The molecular weight excluding hydrogens is 435 g/mol. The molecule has 0 bridgehead atoms. The van der Waals surface area contributed by atoms with Crippen molar-refractivity contribution >= 4 is 29.9 Å². The van der Waals surface area contributed by atoms with Crippen molar-refractivity contribution in [1.29, 1.82) is 0 Å². The van der Waals surface area contributed by atoms with Gasteiger partial charge in [0.15, 0.2) is 11.7 Å². The summed E-state index contributed by atoms with van der Waals surface area (Å²) >= 11 is 0. The van der Waals surface area contributed by atoms with Crippen molar-refractivity contribution in [2.45, 2.75) is 44.0 Å². The minimum Gasteiger partial charge on any atom is -0.379 e. The van der Waals surface area contributed by atoms with E-state index in [2.05, 4.69) is 20.5 Å². The van der Waals surface area contributed by atoms with Gasteiger partial charge in [0.05, 0.1) is 19.8 Å². The van der Waals surface area contributed by atoms with Crippen LogP contribution in [0.1, 0.15) is 32.1 Å².